The fourth-order valence-electron chi connectivity index (χ4n) is 1.82. The van der Waals surface area contributed by atoms with Gasteiger partial charge in [-0.3, -0.25) is 4.79 Å². The number of ether oxygens (including phenoxy) is 1. The number of nitrogens with one attached hydrogen (secondary N) is 1. The monoisotopic (exact) mass is 321 g/mol. The number of methoxy groups -OCH3 is 1. The molecule has 0 aromatic carbocycles. The summed E-state index contributed by atoms with van der Waals surface area (Å²) in [5.41, 5.74) is 1.41. The summed E-state index contributed by atoms with van der Waals surface area (Å²) >= 11 is 1.47. The molecule has 0 atom stereocenters. The van der Waals surface area contributed by atoms with Crippen LogP contribution in [-0.2, 0) is 10.5 Å². The first kappa shape index (κ1) is 16.5. The van der Waals surface area contributed by atoms with Crippen LogP contribution in [0.3, 0.4) is 0 Å². The third-order valence-electron chi connectivity index (χ3n) is 2.86. The Hall–Kier alpha value is -1.86. The molecule has 0 aliphatic carbocycles. The average Bonchev–Trinajstić information content (AvgIpc) is 2.95. The van der Waals surface area contributed by atoms with Crippen LogP contribution in [-0.4, -0.2) is 36.3 Å². The Morgan fingerprint density at radius 2 is 2.36 bits per heavy atom. The van der Waals surface area contributed by atoms with E-state index in [1.54, 1.807) is 25.4 Å². The van der Waals surface area contributed by atoms with E-state index in [4.69, 9.17) is 9.26 Å². The third kappa shape index (κ3) is 4.85. The summed E-state index contributed by atoms with van der Waals surface area (Å²) < 4.78 is 9.99. The molecule has 0 fully saturated rings. The molecule has 0 saturated carbocycles. The van der Waals surface area contributed by atoms with Crippen molar-refractivity contribution in [3.8, 4) is 0 Å². The maximum Gasteiger partial charge on any atom is 0.254 e. The van der Waals surface area contributed by atoms with Gasteiger partial charge in [0.2, 0.25) is 0 Å². The summed E-state index contributed by atoms with van der Waals surface area (Å²) in [7, 11) is 1.64. The standard InChI is InChI=1S/C15H19N3O3S/c1-11-9-12(18-21-11)10-22-15-13(5-3-6-17-15)14(19)16-7-4-8-20-2/h3,5-6,9H,4,7-8,10H2,1-2H3,(H,16,19). The molecule has 6 nitrogen and oxygen atoms in total. The van der Waals surface area contributed by atoms with Crippen LogP contribution in [0, 0.1) is 6.92 Å². The molecule has 0 unspecified atom stereocenters. The number of rotatable bonds is 8. The molecule has 1 amide bonds. The highest BCUT2D eigenvalue weighted by Gasteiger charge is 2.13. The molecule has 0 spiro atoms. The molecular weight excluding hydrogens is 302 g/mol. The maximum absolute atomic E-state index is 12.2. The van der Waals surface area contributed by atoms with Crippen molar-refractivity contribution >= 4 is 17.7 Å². The molecule has 118 valence electrons. The summed E-state index contributed by atoms with van der Waals surface area (Å²) in [6.07, 6.45) is 2.46. The minimum atomic E-state index is -0.122. The van der Waals surface area contributed by atoms with Gasteiger partial charge < -0.3 is 14.6 Å². The lowest BCUT2D eigenvalue weighted by atomic mass is 10.2. The zero-order chi connectivity index (χ0) is 15.8. The summed E-state index contributed by atoms with van der Waals surface area (Å²) in [5, 5.41) is 7.49. The Labute approximate surface area is 133 Å². The van der Waals surface area contributed by atoms with E-state index in [1.165, 1.54) is 11.8 Å². The first-order valence-corrected chi connectivity index (χ1v) is 7.96. The van der Waals surface area contributed by atoms with Crippen LogP contribution in [0.15, 0.2) is 33.9 Å². The normalized spacial score (nSPS) is 10.6. The summed E-state index contributed by atoms with van der Waals surface area (Å²) in [4.78, 5) is 16.5. The number of hydrogen-bond acceptors (Lipinski definition) is 6. The quantitative estimate of drug-likeness (QED) is 0.594. The number of amides is 1. The van der Waals surface area contributed by atoms with Crippen molar-refractivity contribution in [1.82, 2.24) is 15.5 Å². The van der Waals surface area contributed by atoms with E-state index in [1.807, 2.05) is 13.0 Å². The molecule has 0 radical (unpaired) electrons. The van der Waals surface area contributed by atoms with Gasteiger partial charge in [-0.1, -0.05) is 16.9 Å². The highest BCUT2D eigenvalue weighted by molar-refractivity contribution is 7.98. The molecule has 0 aliphatic rings. The molecule has 0 bridgehead atoms. The molecule has 2 aromatic heterocycles. The number of thioether (sulfide) groups is 1. The van der Waals surface area contributed by atoms with Gasteiger partial charge >= 0.3 is 0 Å². The van der Waals surface area contributed by atoms with Crippen LogP contribution in [0.2, 0.25) is 0 Å². The largest absolute Gasteiger partial charge is 0.385 e. The highest BCUT2D eigenvalue weighted by Crippen LogP contribution is 2.24. The van der Waals surface area contributed by atoms with E-state index in [-0.39, 0.29) is 5.91 Å². The minimum Gasteiger partial charge on any atom is -0.385 e. The Morgan fingerprint density at radius 3 is 3.09 bits per heavy atom. The van der Waals surface area contributed by atoms with E-state index >= 15 is 0 Å². The Balaban J connectivity index is 1.95. The van der Waals surface area contributed by atoms with Crippen molar-refractivity contribution < 1.29 is 14.1 Å². The van der Waals surface area contributed by atoms with Crippen molar-refractivity contribution in [3.05, 3.63) is 41.4 Å². The summed E-state index contributed by atoms with van der Waals surface area (Å²) in [6, 6.07) is 5.41. The van der Waals surface area contributed by atoms with Crippen molar-refractivity contribution in [2.45, 2.75) is 24.1 Å². The van der Waals surface area contributed by atoms with Crippen LogP contribution >= 0.6 is 11.8 Å². The summed E-state index contributed by atoms with van der Waals surface area (Å²) in [6.45, 7) is 3.05. The highest BCUT2D eigenvalue weighted by atomic mass is 32.2. The number of carbonyl (C=O) groups is 1. The number of pyridine rings is 1. The molecule has 0 aliphatic heterocycles. The summed E-state index contributed by atoms with van der Waals surface area (Å²) in [5.74, 6) is 1.26. The number of hydrogen-bond donors (Lipinski definition) is 1. The predicted molar refractivity (Wildman–Crippen MR) is 83.9 cm³/mol. The molecule has 7 heteroatoms. The van der Waals surface area contributed by atoms with Gasteiger partial charge in [0.05, 0.1) is 11.3 Å². The topological polar surface area (TPSA) is 77.2 Å². The van der Waals surface area contributed by atoms with Crippen molar-refractivity contribution in [2.24, 2.45) is 0 Å². The van der Waals surface area contributed by atoms with Crippen LogP contribution in [0.4, 0.5) is 0 Å². The van der Waals surface area contributed by atoms with Crippen LogP contribution in [0.1, 0.15) is 28.2 Å². The van der Waals surface area contributed by atoms with Gasteiger partial charge in [0, 0.05) is 38.3 Å². The number of aryl methyl sites for hydroxylation is 1. The SMILES string of the molecule is COCCCNC(=O)c1cccnc1SCc1cc(C)on1. The lowest BCUT2D eigenvalue weighted by molar-refractivity contribution is 0.0945. The smallest absolute Gasteiger partial charge is 0.254 e. The van der Waals surface area contributed by atoms with Crippen LogP contribution < -0.4 is 5.32 Å². The number of aromatic nitrogens is 2. The van der Waals surface area contributed by atoms with Gasteiger partial charge in [0.1, 0.15) is 10.8 Å². The first-order valence-electron chi connectivity index (χ1n) is 6.98. The molecule has 2 heterocycles. The van der Waals surface area contributed by atoms with Crippen LogP contribution in [0.25, 0.3) is 0 Å². The van der Waals surface area contributed by atoms with Crippen LogP contribution in [0.5, 0.6) is 0 Å². The molecule has 2 rings (SSSR count). The van der Waals surface area contributed by atoms with E-state index in [0.29, 0.717) is 29.5 Å². The zero-order valence-corrected chi connectivity index (χ0v) is 13.5. The Morgan fingerprint density at radius 1 is 1.50 bits per heavy atom. The van der Waals surface area contributed by atoms with Gasteiger partial charge in [0.15, 0.2) is 0 Å². The van der Waals surface area contributed by atoms with Crippen molar-refractivity contribution in [3.63, 3.8) is 0 Å². The second kappa shape index (κ2) is 8.55. The van der Waals surface area contributed by atoms with Gasteiger partial charge in [-0.05, 0) is 25.5 Å². The van der Waals surface area contributed by atoms with Crippen molar-refractivity contribution in [1.29, 1.82) is 0 Å². The Bertz CT molecular complexity index is 616. The third-order valence-corrected chi connectivity index (χ3v) is 3.90. The number of carbonyl (C=O) groups excluding carboxylic acids is 1. The second-order valence-corrected chi connectivity index (χ2v) is 5.64. The fraction of sp³-hybridized carbons (Fsp3) is 0.400. The second-order valence-electron chi connectivity index (χ2n) is 4.68. The maximum atomic E-state index is 12.2. The van der Waals surface area contributed by atoms with Gasteiger partial charge in [-0.25, -0.2) is 4.98 Å². The Kier molecular flexibility index (Phi) is 6.42. The molecular formula is C15H19N3O3S. The molecule has 2 aromatic rings. The lowest BCUT2D eigenvalue weighted by Gasteiger charge is -2.08. The van der Waals surface area contributed by atoms with Gasteiger partial charge in [-0.15, -0.1) is 0 Å². The number of nitrogens with zero attached hydrogens (tertiary/aromatic N) is 2. The van der Waals surface area contributed by atoms with E-state index in [9.17, 15) is 4.79 Å². The molecule has 1 N–H and O–H groups in total. The van der Waals surface area contributed by atoms with E-state index in [2.05, 4.69) is 15.5 Å². The fourth-order valence-corrected chi connectivity index (χ4v) is 2.69. The minimum absolute atomic E-state index is 0.122. The average molecular weight is 321 g/mol. The molecule has 22 heavy (non-hydrogen) atoms. The molecule has 0 saturated heterocycles. The van der Waals surface area contributed by atoms with Gasteiger partial charge in [-0.2, -0.15) is 0 Å². The lowest BCUT2D eigenvalue weighted by Crippen LogP contribution is -2.25. The zero-order valence-electron chi connectivity index (χ0n) is 12.7. The predicted octanol–water partition coefficient (Wildman–Crippen LogP) is 2.44. The van der Waals surface area contributed by atoms with Crippen molar-refractivity contribution in [2.75, 3.05) is 20.3 Å². The van der Waals surface area contributed by atoms with E-state index in [0.717, 1.165) is 17.9 Å². The van der Waals surface area contributed by atoms with E-state index < -0.39 is 0 Å². The van der Waals surface area contributed by atoms with Gasteiger partial charge in [0.25, 0.3) is 5.91 Å². The first-order chi connectivity index (χ1) is 10.7.